The molecule has 0 amide bonds. The van der Waals surface area contributed by atoms with Crippen molar-refractivity contribution in [3.63, 3.8) is 0 Å². The molecule has 0 radical (unpaired) electrons. The molecule has 0 aliphatic carbocycles. The number of nitrogens with zero attached hydrogens (tertiary/aromatic N) is 3. The summed E-state index contributed by atoms with van der Waals surface area (Å²) in [7, 11) is 0. The number of halogens is 2. The van der Waals surface area contributed by atoms with E-state index >= 15 is 0 Å². The van der Waals surface area contributed by atoms with E-state index in [0.29, 0.717) is 22.0 Å². The zero-order valence-electron chi connectivity index (χ0n) is 12.3. The highest BCUT2D eigenvalue weighted by molar-refractivity contribution is 6.31. The zero-order chi connectivity index (χ0) is 16.4. The molecule has 2 heterocycles. The van der Waals surface area contributed by atoms with Gasteiger partial charge in [-0.1, -0.05) is 11.6 Å². The Balaban J connectivity index is 1.90. The van der Waals surface area contributed by atoms with Crippen LogP contribution in [0.3, 0.4) is 0 Å². The Hall–Kier alpha value is -2.60. The molecule has 2 aromatic heterocycles. The van der Waals surface area contributed by atoms with Crippen molar-refractivity contribution in [3.8, 4) is 11.4 Å². The van der Waals surface area contributed by atoms with Gasteiger partial charge in [0.2, 0.25) is 0 Å². The first-order chi connectivity index (χ1) is 11.0. The largest absolute Gasteiger partial charge is 0.482 e. The lowest BCUT2D eigenvalue weighted by atomic mass is 10.1. The highest BCUT2D eigenvalue weighted by Crippen LogP contribution is 2.31. The van der Waals surface area contributed by atoms with E-state index in [1.807, 2.05) is 0 Å². The Bertz CT molecular complexity index is 823. The van der Waals surface area contributed by atoms with Gasteiger partial charge in [0, 0.05) is 29.0 Å². The normalized spacial score (nSPS) is 12.1. The number of rotatable bonds is 4. The molecule has 5 nitrogen and oxygen atoms in total. The number of pyridine rings is 1. The fourth-order valence-electron chi connectivity index (χ4n) is 2.17. The summed E-state index contributed by atoms with van der Waals surface area (Å²) in [6, 6.07) is 7.65. The minimum Gasteiger partial charge on any atom is -0.482 e. The Morgan fingerprint density at radius 1 is 1.35 bits per heavy atom. The van der Waals surface area contributed by atoms with Crippen LogP contribution in [-0.2, 0) is 0 Å². The van der Waals surface area contributed by atoms with Crippen molar-refractivity contribution in [2.45, 2.75) is 13.0 Å². The third-order valence-electron chi connectivity index (χ3n) is 3.34. The summed E-state index contributed by atoms with van der Waals surface area (Å²) in [6.45, 7) is 1.76. The fraction of sp³-hybridized carbons (Fsp3) is 0.125. The molecule has 0 bridgehead atoms. The van der Waals surface area contributed by atoms with Crippen LogP contribution >= 0.6 is 11.6 Å². The van der Waals surface area contributed by atoms with E-state index in [9.17, 15) is 4.39 Å². The summed E-state index contributed by atoms with van der Waals surface area (Å²) in [5, 5.41) is 4.55. The zero-order valence-corrected chi connectivity index (χ0v) is 13.0. The van der Waals surface area contributed by atoms with Gasteiger partial charge >= 0.3 is 0 Å². The van der Waals surface area contributed by atoms with Gasteiger partial charge in [-0.05, 0) is 31.2 Å². The van der Waals surface area contributed by atoms with Crippen molar-refractivity contribution >= 4 is 17.4 Å². The van der Waals surface area contributed by atoms with Crippen molar-refractivity contribution in [1.82, 2.24) is 14.8 Å². The summed E-state index contributed by atoms with van der Waals surface area (Å²) in [5.74, 6) is 0.238. The minimum absolute atomic E-state index is 0.236. The summed E-state index contributed by atoms with van der Waals surface area (Å²) in [5.41, 5.74) is 7.11. The Morgan fingerprint density at radius 2 is 2.17 bits per heavy atom. The van der Waals surface area contributed by atoms with Crippen LogP contribution in [0.2, 0.25) is 5.02 Å². The first-order valence-corrected chi connectivity index (χ1v) is 7.29. The van der Waals surface area contributed by atoms with Crippen molar-refractivity contribution in [3.05, 3.63) is 65.3 Å². The SMILES string of the molecule is CC(Oc1cc(-n2cccn2)cnc1N)c1cc(F)ccc1Cl. The minimum atomic E-state index is -0.491. The van der Waals surface area contributed by atoms with Crippen LogP contribution in [0.1, 0.15) is 18.6 Å². The standard InChI is InChI=1S/C16H14ClFN4O/c1-10(13-7-11(18)3-4-14(13)17)23-15-8-12(9-20-16(15)19)22-6-2-5-21-22/h2-10H,1H3,(H2,19,20). The molecule has 3 rings (SSSR count). The van der Waals surface area contributed by atoms with Crippen LogP contribution in [0.4, 0.5) is 10.2 Å². The Morgan fingerprint density at radius 3 is 2.91 bits per heavy atom. The lowest BCUT2D eigenvalue weighted by Crippen LogP contribution is -2.08. The fourth-order valence-corrected chi connectivity index (χ4v) is 2.44. The third kappa shape index (κ3) is 3.27. The molecule has 23 heavy (non-hydrogen) atoms. The molecule has 1 aromatic carbocycles. The van der Waals surface area contributed by atoms with Gasteiger partial charge in [0.25, 0.3) is 0 Å². The number of nitrogen functional groups attached to an aromatic ring is 1. The number of ether oxygens (including phenoxy) is 1. The topological polar surface area (TPSA) is 66.0 Å². The molecule has 1 atom stereocenters. The number of hydrogen-bond donors (Lipinski definition) is 1. The Kier molecular flexibility index (Phi) is 4.16. The van der Waals surface area contributed by atoms with Gasteiger partial charge in [-0.2, -0.15) is 5.10 Å². The van der Waals surface area contributed by atoms with Gasteiger partial charge in [-0.15, -0.1) is 0 Å². The second-order valence-electron chi connectivity index (χ2n) is 4.95. The van der Waals surface area contributed by atoms with E-state index in [2.05, 4.69) is 10.1 Å². The molecular weight excluding hydrogens is 319 g/mol. The monoisotopic (exact) mass is 332 g/mol. The molecule has 0 aliphatic heterocycles. The summed E-state index contributed by atoms with van der Waals surface area (Å²) in [6.07, 6.45) is 4.54. The van der Waals surface area contributed by atoms with Gasteiger partial charge in [0.15, 0.2) is 11.6 Å². The molecule has 0 spiro atoms. The smallest absolute Gasteiger partial charge is 0.166 e. The molecule has 118 valence electrons. The molecule has 0 saturated heterocycles. The van der Waals surface area contributed by atoms with Crippen molar-refractivity contribution in [1.29, 1.82) is 0 Å². The van der Waals surface area contributed by atoms with Crippen molar-refractivity contribution in [2.75, 3.05) is 5.73 Å². The van der Waals surface area contributed by atoms with Gasteiger partial charge in [-0.3, -0.25) is 0 Å². The van der Waals surface area contributed by atoms with E-state index < -0.39 is 6.10 Å². The Labute approximate surface area is 137 Å². The second-order valence-corrected chi connectivity index (χ2v) is 5.36. The van der Waals surface area contributed by atoms with Crippen LogP contribution in [0.15, 0.2) is 48.9 Å². The summed E-state index contributed by atoms with van der Waals surface area (Å²) in [4.78, 5) is 4.11. The van der Waals surface area contributed by atoms with E-state index in [1.54, 1.807) is 42.3 Å². The second kappa shape index (κ2) is 6.26. The predicted molar refractivity (Wildman–Crippen MR) is 86.2 cm³/mol. The maximum absolute atomic E-state index is 13.4. The maximum Gasteiger partial charge on any atom is 0.166 e. The first-order valence-electron chi connectivity index (χ1n) is 6.92. The highest BCUT2D eigenvalue weighted by Gasteiger charge is 2.15. The third-order valence-corrected chi connectivity index (χ3v) is 3.68. The number of nitrogens with two attached hydrogens (primary N) is 1. The van der Waals surface area contributed by atoms with Gasteiger partial charge in [0.05, 0.1) is 11.9 Å². The predicted octanol–water partition coefficient (Wildman–Crippen LogP) is 3.78. The molecule has 1 unspecified atom stereocenters. The van der Waals surface area contributed by atoms with Gasteiger partial charge < -0.3 is 10.5 Å². The number of anilines is 1. The van der Waals surface area contributed by atoms with E-state index in [4.69, 9.17) is 22.1 Å². The molecule has 2 N–H and O–H groups in total. The van der Waals surface area contributed by atoms with Crippen LogP contribution < -0.4 is 10.5 Å². The van der Waals surface area contributed by atoms with Crippen molar-refractivity contribution < 1.29 is 9.13 Å². The lowest BCUT2D eigenvalue weighted by Gasteiger charge is -2.18. The number of hydrogen-bond acceptors (Lipinski definition) is 4. The number of benzene rings is 1. The van der Waals surface area contributed by atoms with Crippen LogP contribution in [0.5, 0.6) is 5.75 Å². The molecule has 0 fully saturated rings. The molecule has 0 aliphatic rings. The van der Waals surface area contributed by atoms with E-state index in [1.165, 1.54) is 18.2 Å². The van der Waals surface area contributed by atoms with E-state index in [0.717, 1.165) is 0 Å². The van der Waals surface area contributed by atoms with Crippen LogP contribution in [-0.4, -0.2) is 14.8 Å². The summed E-state index contributed by atoms with van der Waals surface area (Å²) < 4.78 is 20.9. The number of aromatic nitrogens is 3. The summed E-state index contributed by atoms with van der Waals surface area (Å²) >= 11 is 6.10. The van der Waals surface area contributed by atoms with Gasteiger partial charge in [0.1, 0.15) is 11.9 Å². The quantitative estimate of drug-likeness (QED) is 0.789. The molecule has 3 aromatic rings. The van der Waals surface area contributed by atoms with Crippen molar-refractivity contribution in [2.24, 2.45) is 0 Å². The molecule has 7 heteroatoms. The van der Waals surface area contributed by atoms with E-state index in [-0.39, 0.29) is 11.6 Å². The van der Waals surface area contributed by atoms with Crippen LogP contribution in [0, 0.1) is 5.82 Å². The molecular formula is C16H14ClFN4O. The molecule has 0 saturated carbocycles. The van der Waals surface area contributed by atoms with Gasteiger partial charge in [-0.25, -0.2) is 14.1 Å². The maximum atomic E-state index is 13.4. The average molecular weight is 333 g/mol. The van der Waals surface area contributed by atoms with Crippen LogP contribution in [0.25, 0.3) is 5.69 Å². The lowest BCUT2D eigenvalue weighted by molar-refractivity contribution is 0.227. The first kappa shape index (κ1) is 15.3. The average Bonchev–Trinajstić information content (AvgIpc) is 3.06. The highest BCUT2D eigenvalue weighted by atomic mass is 35.5.